The second-order valence-corrected chi connectivity index (χ2v) is 9.80. The van der Waals surface area contributed by atoms with Gasteiger partial charge in [-0.2, -0.15) is 0 Å². The Bertz CT molecular complexity index is 865. The van der Waals surface area contributed by atoms with Gasteiger partial charge in [0.05, 0.1) is 11.5 Å². The van der Waals surface area contributed by atoms with E-state index in [0.717, 1.165) is 58.5 Å². The van der Waals surface area contributed by atoms with E-state index in [9.17, 15) is 8.42 Å². The molecule has 0 atom stereocenters. The fourth-order valence-electron chi connectivity index (χ4n) is 3.65. The van der Waals surface area contributed by atoms with Crippen LogP contribution in [0.2, 0.25) is 0 Å². The lowest BCUT2D eigenvalue weighted by molar-refractivity contribution is 0.126. The van der Waals surface area contributed by atoms with Gasteiger partial charge in [0.2, 0.25) is 10.0 Å². The van der Waals surface area contributed by atoms with Crippen molar-refractivity contribution >= 4 is 10.0 Å². The van der Waals surface area contributed by atoms with E-state index in [-0.39, 0.29) is 4.90 Å². The molecule has 1 aliphatic heterocycles. The topological polar surface area (TPSA) is 61.9 Å². The molecule has 0 radical (unpaired) electrons. The largest absolute Gasteiger partial charge is 0.494 e. The average Bonchev–Trinajstić information content (AvgIpc) is 2.79. The lowest BCUT2D eigenvalue weighted by atomic mass is 10.2. The SMILES string of the molecule is CCCCOc1ccc(S(=O)(=O)NCCCN2CCN(Cc3ccccc3)CC2)cc1. The Kier molecular flexibility index (Phi) is 9.33. The molecule has 7 heteroatoms. The van der Waals surface area contributed by atoms with Crippen molar-refractivity contribution in [3.05, 3.63) is 60.2 Å². The van der Waals surface area contributed by atoms with Crippen LogP contribution in [0, 0.1) is 0 Å². The Balaban J connectivity index is 1.34. The van der Waals surface area contributed by atoms with Crippen LogP contribution in [0.25, 0.3) is 0 Å². The number of nitrogens with zero attached hydrogens (tertiary/aromatic N) is 2. The summed E-state index contributed by atoms with van der Waals surface area (Å²) in [5.41, 5.74) is 1.35. The molecular weight excluding hydrogens is 410 g/mol. The number of benzene rings is 2. The van der Waals surface area contributed by atoms with Crippen molar-refractivity contribution in [2.45, 2.75) is 37.6 Å². The standard InChI is InChI=1S/C24H35N3O3S/c1-2-3-20-30-23-10-12-24(13-11-23)31(28,29)25-14-7-15-26-16-18-27(19-17-26)21-22-8-5-4-6-9-22/h4-6,8-13,25H,2-3,7,14-21H2,1H3. The summed E-state index contributed by atoms with van der Waals surface area (Å²) in [4.78, 5) is 5.17. The fourth-order valence-corrected chi connectivity index (χ4v) is 4.73. The molecule has 0 saturated carbocycles. The predicted octanol–water partition coefficient (Wildman–Crippen LogP) is 3.35. The molecule has 31 heavy (non-hydrogen) atoms. The molecule has 1 N–H and O–H groups in total. The highest BCUT2D eigenvalue weighted by Crippen LogP contribution is 2.16. The van der Waals surface area contributed by atoms with Crippen LogP contribution in [0.15, 0.2) is 59.5 Å². The van der Waals surface area contributed by atoms with Gasteiger partial charge in [0.15, 0.2) is 0 Å². The molecule has 1 fully saturated rings. The highest BCUT2D eigenvalue weighted by atomic mass is 32.2. The van der Waals surface area contributed by atoms with Crippen LogP contribution < -0.4 is 9.46 Å². The van der Waals surface area contributed by atoms with E-state index in [4.69, 9.17) is 4.74 Å². The fraction of sp³-hybridized carbons (Fsp3) is 0.500. The number of rotatable bonds is 12. The van der Waals surface area contributed by atoms with Crippen LogP contribution >= 0.6 is 0 Å². The zero-order valence-electron chi connectivity index (χ0n) is 18.5. The highest BCUT2D eigenvalue weighted by molar-refractivity contribution is 7.89. The predicted molar refractivity (Wildman–Crippen MR) is 125 cm³/mol. The van der Waals surface area contributed by atoms with Crippen LogP contribution in [0.3, 0.4) is 0 Å². The third-order valence-electron chi connectivity index (χ3n) is 5.56. The lowest BCUT2D eigenvalue weighted by Crippen LogP contribution is -2.46. The summed E-state index contributed by atoms with van der Waals surface area (Å²) in [6.45, 7) is 9.26. The van der Waals surface area contributed by atoms with E-state index in [0.29, 0.717) is 18.9 Å². The van der Waals surface area contributed by atoms with Crippen LogP contribution in [-0.2, 0) is 16.6 Å². The number of hydrogen-bond acceptors (Lipinski definition) is 5. The minimum absolute atomic E-state index is 0.282. The van der Waals surface area contributed by atoms with Crippen molar-refractivity contribution in [3.8, 4) is 5.75 Å². The summed E-state index contributed by atoms with van der Waals surface area (Å²) < 4.78 is 33.3. The third kappa shape index (κ3) is 7.92. The third-order valence-corrected chi connectivity index (χ3v) is 7.03. The number of hydrogen-bond donors (Lipinski definition) is 1. The molecular formula is C24H35N3O3S. The summed E-state index contributed by atoms with van der Waals surface area (Å²) >= 11 is 0. The zero-order chi connectivity index (χ0) is 21.9. The Morgan fingerprint density at radius 2 is 1.58 bits per heavy atom. The minimum Gasteiger partial charge on any atom is -0.494 e. The molecule has 0 amide bonds. The van der Waals surface area contributed by atoms with Crippen molar-refractivity contribution in [3.63, 3.8) is 0 Å². The minimum atomic E-state index is -3.48. The molecule has 3 rings (SSSR count). The molecule has 2 aromatic carbocycles. The van der Waals surface area contributed by atoms with Gasteiger partial charge < -0.3 is 9.64 Å². The summed E-state index contributed by atoms with van der Waals surface area (Å²) in [6, 6.07) is 17.2. The first kappa shape index (κ1) is 23.7. The number of unbranched alkanes of at least 4 members (excludes halogenated alkanes) is 1. The molecule has 0 aliphatic carbocycles. The highest BCUT2D eigenvalue weighted by Gasteiger charge is 2.17. The number of ether oxygens (including phenoxy) is 1. The van der Waals surface area contributed by atoms with Crippen molar-refractivity contribution < 1.29 is 13.2 Å². The Morgan fingerprint density at radius 3 is 2.26 bits per heavy atom. The van der Waals surface area contributed by atoms with Crippen LogP contribution in [-0.4, -0.2) is 64.1 Å². The first-order valence-corrected chi connectivity index (χ1v) is 12.8. The Morgan fingerprint density at radius 1 is 0.903 bits per heavy atom. The van der Waals surface area contributed by atoms with E-state index in [2.05, 4.69) is 45.7 Å². The van der Waals surface area contributed by atoms with E-state index in [1.807, 2.05) is 6.07 Å². The molecule has 2 aromatic rings. The number of nitrogens with one attached hydrogen (secondary N) is 1. The number of piperazine rings is 1. The maximum atomic E-state index is 12.5. The molecule has 1 saturated heterocycles. The molecule has 0 unspecified atom stereocenters. The second-order valence-electron chi connectivity index (χ2n) is 8.03. The van der Waals surface area contributed by atoms with Gasteiger partial charge >= 0.3 is 0 Å². The summed E-state index contributed by atoms with van der Waals surface area (Å²) in [5.74, 6) is 0.707. The van der Waals surface area contributed by atoms with Crippen LogP contribution in [0.1, 0.15) is 31.7 Å². The molecule has 0 spiro atoms. The second kappa shape index (κ2) is 12.2. The normalized spacial score (nSPS) is 15.8. The van der Waals surface area contributed by atoms with Gasteiger partial charge in [-0.25, -0.2) is 13.1 Å². The molecule has 6 nitrogen and oxygen atoms in total. The zero-order valence-corrected chi connectivity index (χ0v) is 19.3. The van der Waals surface area contributed by atoms with Gasteiger partial charge in [0, 0.05) is 39.3 Å². The van der Waals surface area contributed by atoms with E-state index < -0.39 is 10.0 Å². The average molecular weight is 446 g/mol. The van der Waals surface area contributed by atoms with Crippen molar-refractivity contribution in [2.24, 2.45) is 0 Å². The lowest BCUT2D eigenvalue weighted by Gasteiger charge is -2.34. The van der Waals surface area contributed by atoms with Crippen LogP contribution in [0.4, 0.5) is 0 Å². The first-order chi connectivity index (χ1) is 15.1. The quantitative estimate of drug-likeness (QED) is 0.508. The molecule has 0 bridgehead atoms. The van der Waals surface area contributed by atoms with Gasteiger partial charge in [0.25, 0.3) is 0 Å². The first-order valence-electron chi connectivity index (χ1n) is 11.3. The van der Waals surface area contributed by atoms with Crippen molar-refractivity contribution in [1.29, 1.82) is 0 Å². The Labute approximate surface area is 187 Å². The number of sulfonamides is 1. The monoisotopic (exact) mass is 445 g/mol. The smallest absolute Gasteiger partial charge is 0.240 e. The molecule has 1 heterocycles. The van der Waals surface area contributed by atoms with Gasteiger partial charge in [-0.3, -0.25) is 4.90 Å². The summed E-state index contributed by atoms with van der Waals surface area (Å²) in [7, 11) is -3.48. The van der Waals surface area contributed by atoms with Crippen LogP contribution in [0.5, 0.6) is 5.75 Å². The van der Waals surface area contributed by atoms with E-state index in [1.54, 1.807) is 24.3 Å². The van der Waals surface area contributed by atoms with Gasteiger partial charge in [-0.05, 0) is 49.2 Å². The van der Waals surface area contributed by atoms with Gasteiger partial charge in [-0.1, -0.05) is 43.7 Å². The van der Waals surface area contributed by atoms with E-state index >= 15 is 0 Å². The summed E-state index contributed by atoms with van der Waals surface area (Å²) in [5, 5.41) is 0. The van der Waals surface area contributed by atoms with Crippen molar-refractivity contribution in [2.75, 3.05) is 45.9 Å². The molecule has 0 aromatic heterocycles. The molecule has 170 valence electrons. The van der Waals surface area contributed by atoms with Crippen molar-refractivity contribution in [1.82, 2.24) is 14.5 Å². The van der Waals surface area contributed by atoms with E-state index in [1.165, 1.54) is 5.56 Å². The van der Waals surface area contributed by atoms with Gasteiger partial charge in [0.1, 0.15) is 5.75 Å². The van der Waals surface area contributed by atoms with Gasteiger partial charge in [-0.15, -0.1) is 0 Å². The summed E-state index contributed by atoms with van der Waals surface area (Å²) in [6.07, 6.45) is 2.86. The maximum absolute atomic E-state index is 12.5. The Hall–Kier alpha value is -1.93. The maximum Gasteiger partial charge on any atom is 0.240 e. The molecule has 1 aliphatic rings.